The number of hydrogen-bond acceptors (Lipinski definition) is 5. The lowest BCUT2D eigenvalue weighted by Gasteiger charge is -2.13. The van der Waals surface area contributed by atoms with Crippen LogP contribution < -0.4 is 19.6 Å². The van der Waals surface area contributed by atoms with Gasteiger partial charge in [-0.2, -0.15) is 5.10 Å². The minimum Gasteiger partial charge on any atom is -0.493 e. The van der Waals surface area contributed by atoms with Crippen LogP contribution in [0.3, 0.4) is 0 Å². The van der Waals surface area contributed by atoms with Gasteiger partial charge in [0.05, 0.1) is 33.2 Å². The fourth-order valence-electron chi connectivity index (χ4n) is 2.60. The molecular weight excluding hydrogens is 334 g/mol. The molecule has 0 spiro atoms. The largest absolute Gasteiger partial charge is 0.493 e. The van der Waals surface area contributed by atoms with Crippen LogP contribution in [0.1, 0.15) is 16.1 Å². The van der Waals surface area contributed by atoms with Gasteiger partial charge in [-0.15, -0.1) is 0 Å². The summed E-state index contributed by atoms with van der Waals surface area (Å²) in [5.74, 6) is 0.831. The maximum absolute atomic E-state index is 12.4. The fraction of sp³-hybridized carbons (Fsp3) is 0.158. The Kier molecular flexibility index (Phi) is 5.07. The molecule has 0 unspecified atom stereocenters. The molecule has 0 bridgehead atoms. The molecule has 0 aliphatic rings. The fourth-order valence-corrected chi connectivity index (χ4v) is 2.60. The number of H-pyrrole nitrogens is 1. The van der Waals surface area contributed by atoms with Crippen molar-refractivity contribution in [2.24, 2.45) is 5.10 Å². The summed E-state index contributed by atoms with van der Waals surface area (Å²) in [6.45, 7) is 0. The van der Waals surface area contributed by atoms with Crippen molar-refractivity contribution in [2.45, 2.75) is 0 Å². The maximum Gasteiger partial charge on any atom is 0.271 e. The van der Waals surface area contributed by atoms with Crippen LogP contribution in [0.2, 0.25) is 0 Å². The molecule has 7 nitrogen and oxygen atoms in total. The molecule has 0 fully saturated rings. The summed E-state index contributed by atoms with van der Waals surface area (Å²) in [6.07, 6.45) is 1.55. The highest BCUT2D eigenvalue weighted by molar-refractivity contribution is 5.96. The summed E-state index contributed by atoms with van der Waals surface area (Å²) in [5.41, 5.74) is 4.62. The quantitative estimate of drug-likeness (QED) is 0.527. The third kappa shape index (κ3) is 3.46. The molecule has 1 amide bonds. The molecule has 0 aliphatic carbocycles. The number of ether oxygens (including phenoxy) is 3. The number of aromatic nitrogens is 1. The van der Waals surface area contributed by atoms with Crippen molar-refractivity contribution < 1.29 is 19.0 Å². The number of nitrogens with one attached hydrogen (secondary N) is 2. The molecule has 134 valence electrons. The molecule has 0 radical (unpaired) electrons. The van der Waals surface area contributed by atoms with Crippen LogP contribution >= 0.6 is 0 Å². The van der Waals surface area contributed by atoms with E-state index >= 15 is 0 Å². The van der Waals surface area contributed by atoms with E-state index < -0.39 is 5.91 Å². The topological polar surface area (TPSA) is 84.9 Å². The Hall–Kier alpha value is -3.48. The molecule has 0 saturated heterocycles. The lowest BCUT2D eigenvalue weighted by atomic mass is 10.1. The maximum atomic E-state index is 12.4. The Labute approximate surface area is 150 Å². The predicted molar refractivity (Wildman–Crippen MR) is 99.5 cm³/mol. The summed E-state index contributed by atoms with van der Waals surface area (Å²) in [7, 11) is 4.49. The molecule has 0 atom stereocenters. The van der Waals surface area contributed by atoms with E-state index in [1.54, 1.807) is 18.3 Å². The van der Waals surface area contributed by atoms with E-state index in [0.29, 0.717) is 22.8 Å². The van der Waals surface area contributed by atoms with Crippen LogP contribution in [0, 0.1) is 0 Å². The zero-order valence-corrected chi connectivity index (χ0v) is 14.7. The number of carbonyl (C=O) groups is 1. The highest BCUT2D eigenvalue weighted by Crippen LogP contribution is 2.38. The average molecular weight is 353 g/mol. The van der Waals surface area contributed by atoms with Crippen LogP contribution in [0.25, 0.3) is 10.9 Å². The van der Waals surface area contributed by atoms with Crippen molar-refractivity contribution in [1.82, 2.24) is 10.4 Å². The van der Waals surface area contributed by atoms with Gasteiger partial charge in [0, 0.05) is 16.5 Å². The van der Waals surface area contributed by atoms with Crippen LogP contribution in [0.4, 0.5) is 0 Å². The molecule has 1 heterocycles. The Bertz CT molecular complexity index is 904. The Balaban J connectivity index is 1.77. The number of methoxy groups -OCH3 is 3. The van der Waals surface area contributed by atoms with Crippen molar-refractivity contribution in [3.05, 3.63) is 53.7 Å². The van der Waals surface area contributed by atoms with E-state index in [4.69, 9.17) is 14.2 Å². The van der Waals surface area contributed by atoms with Crippen molar-refractivity contribution in [3.63, 3.8) is 0 Å². The number of benzene rings is 2. The van der Waals surface area contributed by atoms with Gasteiger partial charge in [0.1, 0.15) is 0 Å². The van der Waals surface area contributed by atoms with Gasteiger partial charge in [0.2, 0.25) is 5.75 Å². The second-order valence-electron chi connectivity index (χ2n) is 5.43. The highest BCUT2D eigenvalue weighted by Gasteiger charge is 2.16. The van der Waals surface area contributed by atoms with E-state index in [0.717, 1.165) is 16.6 Å². The van der Waals surface area contributed by atoms with Gasteiger partial charge in [-0.05, 0) is 24.3 Å². The first-order valence-electron chi connectivity index (χ1n) is 7.87. The molecule has 0 aliphatic heterocycles. The van der Waals surface area contributed by atoms with E-state index in [1.807, 2.05) is 30.3 Å². The number of hydrazone groups is 1. The van der Waals surface area contributed by atoms with Gasteiger partial charge in [0.15, 0.2) is 11.5 Å². The minimum absolute atomic E-state index is 0.341. The lowest BCUT2D eigenvalue weighted by molar-refractivity contribution is 0.0954. The van der Waals surface area contributed by atoms with Crippen molar-refractivity contribution in [1.29, 1.82) is 0 Å². The second kappa shape index (κ2) is 7.60. The smallest absolute Gasteiger partial charge is 0.271 e. The van der Waals surface area contributed by atoms with Gasteiger partial charge in [0.25, 0.3) is 5.91 Å². The standard InChI is InChI=1S/C19H19N3O4/c1-24-16-9-13(10-17(25-2)18(16)26-3)19(23)22-20-11-14-8-12-6-4-5-7-15(12)21-14/h4-11,21H,1-3H3,(H,22,23)/b20-11+. The monoisotopic (exact) mass is 353 g/mol. The first-order valence-corrected chi connectivity index (χ1v) is 7.87. The normalized spacial score (nSPS) is 10.9. The number of amides is 1. The molecule has 7 heteroatoms. The summed E-state index contributed by atoms with van der Waals surface area (Å²) in [5, 5.41) is 5.07. The molecular formula is C19H19N3O4. The van der Waals surface area contributed by atoms with Gasteiger partial charge in [-0.3, -0.25) is 4.79 Å². The number of fused-ring (bicyclic) bond motifs is 1. The Morgan fingerprint density at radius 1 is 1.04 bits per heavy atom. The first kappa shape index (κ1) is 17.3. The minimum atomic E-state index is -0.392. The molecule has 2 N–H and O–H groups in total. The molecule has 26 heavy (non-hydrogen) atoms. The number of rotatable bonds is 6. The van der Waals surface area contributed by atoms with Crippen LogP contribution in [-0.4, -0.2) is 38.4 Å². The van der Waals surface area contributed by atoms with Gasteiger partial charge in [-0.1, -0.05) is 18.2 Å². The summed E-state index contributed by atoms with van der Waals surface area (Å²) in [4.78, 5) is 15.6. The van der Waals surface area contributed by atoms with Crippen LogP contribution in [0.15, 0.2) is 47.6 Å². The number of hydrogen-bond donors (Lipinski definition) is 2. The van der Waals surface area contributed by atoms with Crippen molar-refractivity contribution in [2.75, 3.05) is 21.3 Å². The first-order chi connectivity index (χ1) is 12.7. The Morgan fingerprint density at radius 2 is 1.73 bits per heavy atom. The van der Waals surface area contributed by atoms with E-state index in [-0.39, 0.29) is 0 Å². The number of carbonyl (C=O) groups excluding carboxylic acids is 1. The highest BCUT2D eigenvalue weighted by atomic mass is 16.5. The Morgan fingerprint density at radius 3 is 2.35 bits per heavy atom. The van der Waals surface area contributed by atoms with E-state index in [9.17, 15) is 4.79 Å². The zero-order chi connectivity index (χ0) is 18.5. The van der Waals surface area contributed by atoms with Gasteiger partial charge in [-0.25, -0.2) is 5.43 Å². The average Bonchev–Trinajstić information content (AvgIpc) is 3.09. The third-order valence-electron chi connectivity index (χ3n) is 3.85. The van der Waals surface area contributed by atoms with E-state index in [1.165, 1.54) is 21.3 Å². The lowest BCUT2D eigenvalue weighted by Crippen LogP contribution is -2.18. The summed E-state index contributed by atoms with van der Waals surface area (Å²) in [6, 6.07) is 13.0. The van der Waals surface area contributed by atoms with Crippen LogP contribution in [0.5, 0.6) is 17.2 Å². The van der Waals surface area contributed by atoms with E-state index in [2.05, 4.69) is 15.5 Å². The summed E-state index contributed by atoms with van der Waals surface area (Å²) < 4.78 is 15.7. The van der Waals surface area contributed by atoms with Crippen molar-refractivity contribution in [3.8, 4) is 17.2 Å². The van der Waals surface area contributed by atoms with Crippen LogP contribution in [-0.2, 0) is 0 Å². The molecule has 1 aromatic heterocycles. The second-order valence-corrected chi connectivity index (χ2v) is 5.43. The SMILES string of the molecule is COc1cc(C(=O)N/N=C/c2cc3ccccc3[nH]2)cc(OC)c1OC. The summed E-state index contributed by atoms with van der Waals surface area (Å²) >= 11 is 0. The zero-order valence-electron chi connectivity index (χ0n) is 14.7. The number of aromatic amines is 1. The molecule has 0 saturated carbocycles. The molecule has 3 aromatic rings. The van der Waals surface area contributed by atoms with Gasteiger partial charge >= 0.3 is 0 Å². The van der Waals surface area contributed by atoms with Crippen molar-refractivity contribution >= 4 is 23.0 Å². The predicted octanol–water partition coefficient (Wildman–Crippen LogP) is 2.96. The van der Waals surface area contributed by atoms with Gasteiger partial charge < -0.3 is 19.2 Å². The third-order valence-corrected chi connectivity index (χ3v) is 3.85. The number of nitrogens with zero attached hydrogens (tertiary/aromatic N) is 1. The number of para-hydroxylation sites is 1. The molecule has 3 rings (SSSR count). The molecule has 2 aromatic carbocycles.